The van der Waals surface area contributed by atoms with Crippen molar-refractivity contribution in [3.8, 4) is 0 Å². The number of carboxylic acid groups (broad SMARTS) is 1. The number of sulfonamides is 1. The molecule has 0 bridgehead atoms. The third kappa shape index (κ3) is 4.04. The van der Waals surface area contributed by atoms with Gasteiger partial charge in [0.15, 0.2) is 0 Å². The van der Waals surface area contributed by atoms with Crippen LogP contribution in [0, 0.1) is 6.92 Å². The second kappa shape index (κ2) is 5.28. The average molecular weight is 356 g/mol. The van der Waals surface area contributed by atoms with Gasteiger partial charge in [0, 0.05) is 10.4 Å². The van der Waals surface area contributed by atoms with Gasteiger partial charge in [-0.15, -0.1) is 11.3 Å². The second-order valence-corrected chi connectivity index (χ2v) is 8.82. The molecule has 0 aromatic carbocycles. The molecular formula is C10H14BrNO4S2. The van der Waals surface area contributed by atoms with Crippen LogP contribution in [0.2, 0.25) is 0 Å². The van der Waals surface area contributed by atoms with Gasteiger partial charge in [-0.05, 0) is 42.8 Å². The van der Waals surface area contributed by atoms with Gasteiger partial charge in [-0.25, -0.2) is 13.1 Å². The van der Waals surface area contributed by atoms with Crippen molar-refractivity contribution < 1.29 is 18.3 Å². The summed E-state index contributed by atoms with van der Waals surface area (Å²) >= 11 is 4.54. The fourth-order valence-electron chi connectivity index (χ4n) is 1.53. The van der Waals surface area contributed by atoms with Gasteiger partial charge in [-0.3, -0.25) is 4.79 Å². The van der Waals surface area contributed by atoms with Crippen LogP contribution in [-0.2, 0) is 14.8 Å². The molecule has 0 aliphatic heterocycles. The third-order valence-electron chi connectivity index (χ3n) is 2.14. The standard InChI is InChI=1S/C10H14BrNO4S2/c1-6-7(4-8(11)17-6)18(15,16)12-10(2,3)5-9(13)14/h4,12H,5H2,1-3H3,(H,13,14). The highest BCUT2D eigenvalue weighted by molar-refractivity contribution is 9.11. The van der Waals surface area contributed by atoms with Crippen LogP contribution < -0.4 is 4.72 Å². The van der Waals surface area contributed by atoms with E-state index in [9.17, 15) is 13.2 Å². The van der Waals surface area contributed by atoms with Crippen LogP contribution in [0.25, 0.3) is 0 Å². The first-order valence-electron chi connectivity index (χ1n) is 5.05. The van der Waals surface area contributed by atoms with E-state index in [2.05, 4.69) is 20.7 Å². The van der Waals surface area contributed by atoms with Crippen LogP contribution >= 0.6 is 27.3 Å². The Hall–Kier alpha value is -0.440. The van der Waals surface area contributed by atoms with Gasteiger partial charge in [-0.2, -0.15) is 0 Å². The molecule has 0 atom stereocenters. The van der Waals surface area contributed by atoms with Crippen molar-refractivity contribution in [3.63, 3.8) is 0 Å². The quantitative estimate of drug-likeness (QED) is 0.848. The summed E-state index contributed by atoms with van der Waals surface area (Å²) in [6.45, 7) is 4.78. The summed E-state index contributed by atoms with van der Waals surface area (Å²) in [7, 11) is -3.71. The molecule has 0 aliphatic rings. The first kappa shape index (κ1) is 15.6. The molecule has 102 valence electrons. The molecule has 5 nitrogen and oxygen atoms in total. The first-order valence-corrected chi connectivity index (χ1v) is 8.14. The van der Waals surface area contributed by atoms with Crippen LogP contribution in [0.1, 0.15) is 25.1 Å². The highest BCUT2D eigenvalue weighted by atomic mass is 79.9. The predicted molar refractivity (Wildman–Crippen MR) is 73.4 cm³/mol. The number of halogens is 1. The van der Waals surface area contributed by atoms with Crippen molar-refractivity contribution in [1.82, 2.24) is 4.72 Å². The molecule has 2 N–H and O–H groups in total. The number of aryl methyl sites for hydroxylation is 1. The number of carboxylic acids is 1. The van der Waals surface area contributed by atoms with Crippen LogP contribution in [0.15, 0.2) is 14.7 Å². The lowest BCUT2D eigenvalue weighted by atomic mass is 10.0. The van der Waals surface area contributed by atoms with Gasteiger partial charge in [0.05, 0.1) is 15.1 Å². The molecule has 1 heterocycles. The number of hydrogen-bond donors (Lipinski definition) is 2. The Kier molecular flexibility index (Phi) is 4.58. The lowest BCUT2D eigenvalue weighted by Crippen LogP contribution is -2.44. The zero-order valence-corrected chi connectivity index (χ0v) is 13.4. The Morgan fingerprint density at radius 3 is 2.50 bits per heavy atom. The molecule has 0 fully saturated rings. The van der Waals surface area contributed by atoms with Gasteiger partial charge in [0.25, 0.3) is 0 Å². The second-order valence-electron chi connectivity index (χ2n) is 4.53. The van der Waals surface area contributed by atoms with E-state index in [1.54, 1.807) is 6.92 Å². The summed E-state index contributed by atoms with van der Waals surface area (Å²) in [5, 5.41) is 8.73. The maximum atomic E-state index is 12.1. The van der Waals surface area contributed by atoms with E-state index in [4.69, 9.17) is 5.11 Å². The fourth-order valence-corrected chi connectivity index (χ4v) is 5.36. The summed E-state index contributed by atoms with van der Waals surface area (Å²) in [4.78, 5) is 11.5. The van der Waals surface area contributed by atoms with Gasteiger partial charge in [0.2, 0.25) is 10.0 Å². The van der Waals surface area contributed by atoms with Crippen molar-refractivity contribution in [2.24, 2.45) is 0 Å². The monoisotopic (exact) mass is 355 g/mol. The molecule has 0 spiro atoms. The molecule has 0 radical (unpaired) electrons. The maximum Gasteiger partial charge on any atom is 0.305 e. The zero-order valence-electron chi connectivity index (χ0n) is 10.2. The van der Waals surface area contributed by atoms with Crippen molar-refractivity contribution >= 4 is 43.3 Å². The summed E-state index contributed by atoms with van der Waals surface area (Å²) in [5.41, 5.74) is -1.04. The number of rotatable bonds is 5. The third-order valence-corrected chi connectivity index (χ3v) is 5.64. The summed E-state index contributed by atoms with van der Waals surface area (Å²) < 4.78 is 27.4. The predicted octanol–water partition coefficient (Wildman–Crippen LogP) is 2.35. The summed E-state index contributed by atoms with van der Waals surface area (Å²) in [5.74, 6) is -1.05. The van der Waals surface area contributed by atoms with Gasteiger partial charge < -0.3 is 5.11 Å². The smallest absolute Gasteiger partial charge is 0.305 e. The largest absolute Gasteiger partial charge is 0.481 e. The highest BCUT2D eigenvalue weighted by Gasteiger charge is 2.30. The minimum absolute atomic E-state index is 0.179. The van der Waals surface area contributed by atoms with E-state index in [-0.39, 0.29) is 11.3 Å². The van der Waals surface area contributed by atoms with Crippen molar-refractivity contribution in [3.05, 3.63) is 14.7 Å². The number of carbonyl (C=O) groups is 1. The molecule has 0 unspecified atom stereocenters. The van der Waals surface area contributed by atoms with E-state index in [0.29, 0.717) is 4.88 Å². The van der Waals surface area contributed by atoms with Crippen LogP contribution in [0.3, 0.4) is 0 Å². The Labute approximate surface area is 118 Å². The first-order chi connectivity index (χ1) is 8.03. The molecule has 18 heavy (non-hydrogen) atoms. The molecular weight excluding hydrogens is 342 g/mol. The highest BCUT2D eigenvalue weighted by Crippen LogP contribution is 2.30. The minimum Gasteiger partial charge on any atom is -0.481 e. The zero-order chi connectivity index (χ0) is 14.1. The number of hydrogen-bond acceptors (Lipinski definition) is 4. The molecule has 0 aliphatic carbocycles. The Balaban J connectivity index is 3.02. The Morgan fingerprint density at radius 2 is 2.11 bits per heavy atom. The maximum absolute atomic E-state index is 12.1. The van der Waals surface area contributed by atoms with Gasteiger partial charge in [0.1, 0.15) is 0 Å². The normalized spacial score (nSPS) is 12.7. The summed E-state index contributed by atoms with van der Waals surface area (Å²) in [6, 6.07) is 1.51. The number of thiophene rings is 1. The molecule has 8 heteroatoms. The molecule has 0 saturated carbocycles. The molecule has 0 saturated heterocycles. The SMILES string of the molecule is Cc1sc(Br)cc1S(=O)(=O)NC(C)(C)CC(=O)O. The fraction of sp³-hybridized carbons (Fsp3) is 0.500. The van der Waals surface area contributed by atoms with Crippen LogP contribution in [-0.4, -0.2) is 25.0 Å². The molecule has 0 amide bonds. The molecule has 1 aromatic heterocycles. The van der Waals surface area contributed by atoms with Crippen molar-refractivity contribution in [1.29, 1.82) is 0 Å². The van der Waals surface area contributed by atoms with Gasteiger partial charge >= 0.3 is 5.97 Å². The minimum atomic E-state index is -3.71. The van der Waals surface area contributed by atoms with E-state index >= 15 is 0 Å². The van der Waals surface area contributed by atoms with E-state index in [0.717, 1.165) is 3.79 Å². The van der Waals surface area contributed by atoms with Crippen molar-refractivity contribution in [2.75, 3.05) is 0 Å². The topological polar surface area (TPSA) is 83.5 Å². The Morgan fingerprint density at radius 1 is 1.56 bits per heavy atom. The number of aliphatic carboxylic acids is 1. The van der Waals surface area contributed by atoms with Gasteiger partial charge in [-0.1, -0.05) is 0 Å². The lowest BCUT2D eigenvalue weighted by Gasteiger charge is -2.23. The number of nitrogens with one attached hydrogen (secondary N) is 1. The van der Waals surface area contributed by atoms with E-state index < -0.39 is 21.5 Å². The van der Waals surface area contributed by atoms with Crippen molar-refractivity contribution in [2.45, 2.75) is 37.6 Å². The average Bonchev–Trinajstić information content (AvgIpc) is 2.40. The Bertz CT molecular complexity index is 562. The molecule has 1 rings (SSSR count). The van der Waals surface area contributed by atoms with Crippen LogP contribution in [0.4, 0.5) is 0 Å². The lowest BCUT2D eigenvalue weighted by molar-refractivity contribution is -0.138. The molecule has 1 aromatic rings. The summed E-state index contributed by atoms with van der Waals surface area (Å²) in [6.07, 6.45) is -0.281. The van der Waals surface area contributed by atoms with Crippen LogP contribution in [0.5, 0.6) is 0 Å². The van der Waals surface area contributed by atoms with E-state index in [1.165, 1.54) is 31.3 Å². The van der Waals surface area contributed by atoms with E-state index in [1.807, 2.05) is 0 Å².